The largest absolute Gasteiger partial charge is 0.503 e. The van der Waals surface area contributed by atoms with Gasteiger partial charge in [0.05, 0.1) is 17.2 Å². The summed E-state index contributed by atoms with van der Waals surface area (Å²) in [4.78, 5) is 41.1. The summed E-state index contributed by atoms with van der Waals surface area (Å²) < 4.78 is 22.0. The smallest absolute Gasteiger partial charge is 0.276 e. The van der Waals surface area contributed by atoms with Gasteiger partial charge in [0, 0.05) is 23.8 Å². The molecule has 4 heterocycles. The molecule has 3 aliphatic heterocycles. The Kier molecular flexibility index (Phi) is 4.57. The molecule has 4 aliphatic rings. The highest BCUT2D eigenvalue weighted by atomic mass is 35.5. The number of rotatable bonds is 3. The molecule has 2 bridgehead atoms. The highest BCUT2D eigenvalue weighted by Crippen LogP contribution is 2.47. The van der Waals surface area contributed by atoms with E-state index in [0.717, 1.165) is 19.3 Å². The Balaban J connectivity index is 1.39. The van der Waals surface area contributed by atoms with Gasteiger partial charge in [-0.05, 0) is 38.2 Å². The first kappa shape index (κ1) is 20.7. The molecule has 33 heavy (non-hydrogen) atoms. The van der Waals surface area contributed by atoms with E-state index in [1.54, 1.807) is 15.5 Å². The summed E-state index contributed by atoms with van der Waals surface area (Å²) in [5.74, 6) is -2.55. The van der Waals surface area contributed by atoms with Crippen LogP contribution in [0.25, 0.3) is 0 Å². The SMILES string of the molecule is O=C(NCc1cccc(Cl)c1F)c1c2n3c(c(O)c1=O)C(=O)N1C4CCC(C4)OC1C3CC2. The monoisotopic (exact) mass is 473 g/mol. The molecule has 1 aromatic heterocycles. The van der Waals surface area contributed by atoms with Crippen molar-refractivity contribution in [3.05, 3.63) is 61.8 Å². The number of hydrogen-bond donors (Lipinski definition) is 2. The van der Waals surface area contributed by atoms with Crippen molar-refractivity contribution in [2.24, 2.45) is 0 Å². The molecule has 4 unspecified atom stereocenters. The summed E-state index contributed by atoms with van der Waals surface area (Å²) >= 11 is 5.80. The van der Waals surface area contributed by atoms with Gasteiger partial charge in [0.1, 0.15) is 11.4 Å². The third-order valence-corrected chi connectivity index (χ3v) is 7.61. The third kappa shape index (κ3) is 2.88. The van der Waals surface area contributed by atoms with Crippen LogP contribution in [-0.4, -0.2) is 44.8 Å². The lowest BCUT2D eigenvalue weighted by molar-refractivity contribution is -0.147. The molecule has 2 N–H and O–H groups in total. The number of amides is 2. The van der Waals surface area contributed by atoms with Crippen LogP contribution in [0, 0.1) is 5.82 Å². The first-order chi connectivity index (χ1) is 15.9. The van der Waals surface area contributed by atoms with Crippen LogP contribution in [0.15, 0.2) is 23.0 Å². The van der Waals surface area contributed by atoms with E-state index < -0.39 is 35.0 Å². The number of halogens is 2. The maximum Gasteiger partial charge on any atom is 0.276 e. The van der Waals surface area contributed by atoms with E-state index in [2.05, 4.69) is 5.32 Å². The molecular formula is C23H21ClFN3O5. The van der Waals surface area contributed by atoms with Crippen molar-refractivity contribution < 1.29 is 23.8 Å². The molecule has 8 nitrogen and oxygen atoms in total. The van der Waals surface area contributed by atoms with Crippen LogP contribution in [0.5, 0.6) is 5.75 Å². The standard InChI is InChI=1S/C23H21ClFN3O5/c24-13-3-1-2-10(17(13)25)9-26-21(31)16-14-6-7-15-23-27(11-4-5-12(8-11)33-23)22(32)18(28(14)15)20(30)19(16)29/h1-3,11-12,15,23,30H,4-9H2,(H,26,31). The minimum Gasteiger partial charge on any atom is -0.503 e. The van der Waals surface area contributed by atoms with E-state index in [0.29, 0.717) is 18.5 Å². The molecule has 1 saturated carbocycles. The third-order valence-electron chi connectivity index (χ3n) is 7.32. The Morgan fingerprint density at radius 3 is 2.91 bits per heavy atom. The molecule has 172 valence electrons. The zero-order valence-electron chi connectivity index (χ0n) is 17.5. The molecule has 1 saturated heterocycles. The Hall–Kier alpha value is -2.91. The van der Waals surface area contributed by atoms with Crippen LogP contribution in [-0.2, 0) is 17.7 Å². The maximum atomic E-state index is 14.2. The van der Waals surface area contributed by atoms with Crippen molar-refractivity contribution in [1.29, 1.82) is 0 Å². The van der Waals surface area contributed by atoms with Gasteiger partial charge in [0.15, 0.2) is 17.7 Å². The van der Waals surface area contributed by atoms with E-state index in [1.807, 2.05) is 0 Å². The Labute approximate surface area is 192 Å². The zero-order chi connectivity index (χ0) is 23.0. The van der Waals surface area contributed by atoms with Crippen molar-refractivity contribution >= 4 is 23.4 Å². The molecule has 4 atom stereocenters. The summed E-state index contributed by atoms with van der Waals surface area (Å²) in [6.45, 7) is -0.183. The molecule has 0 spiro atoms. The first-order valence-electron chi connectivity index (χ1n) is 11.1. The first-order valence-corrected chi connectivity index (χ1v) is 11.4. The molecule has 2 amide bonds. The number of carbonyl (C=O) groups is 2. The summed E-state index contributed by atoms with van der Waals surface area (Å²) in [7, 11) is 0. The summed E-state index contributed by atoms with van der Waals surface area (Å²) in [5, 5.41) is 13.2. The Morgan fingerprint density at radius 1 is 1.27 bits per heavy atom. The van der Waals surface area contributed by atoms with Gasteiger partial charge in [-0.25, -0.2) is 4.39 Å². The fourth-order valence-electron chi connectivity index (χ4n) is 5.85. The average molecular weight is 474 g/mol. The quantitative estimate of drug-likeness (QED) is 0.713. The molecule has 0 radical (unpaired) electrons. The lowest BCUT2D eigenvalue weighted by Gasteiger charge is -2.47. The van der Waals surface area contributed by atoms with Gasteiger partial charge in [-0.15, -0.1) is 0 Å². The van der Waals surface area contributed by atoms with Gasteiger partial charge in [-0.3, -0.25) is 14.4 Å². The van der Waals surface area contributed by atoms with Crippen LogP contribution in [0.3, 0.4) is 0 Å². The molecule has 1 aliphatic carbocycles. The minimum atomic E-state index is -0.894. The second-order valence-corrected chi connectivity index (χ2v) is 9.45. The highest BCUT2D eigenvalue weighted by molar-refractivity contribution is 6.30. The average Bonchev–Trinajstić information content (AvgIpc) is 3.39. The summed E-state index contributed by atoms with van der Waals surface area (Å²) in [5.41, 5.74) is -0.614. The molecule has 2 fully saturated rings. The number of hydrogen-bond acceptors (Lipinski definition) is 5. The van der Waals surface area contributed by atoms with Crippen molar-refractivity contribution in [2.45, 2.75) is 63.1 Å². The number of fused-ring (bicyclic) bond motifs is 5. The number of benzene rings is 1. The summed E-state index contributed by atoms with van der Waals surface area (Å²) in [6, 6.07) is 4.20. The Morgan fingerprint density at radius 2 is 2.09 bits per heavy atom. The predicted octanol–water partition coefficient (Wildman–Crippen LogP) is 2.50. The van der Waals surface area contributed by atoms with Gasteiger partial charge in [0.25, 0.3) is 11.8 Å². The van der Waals surface area contributed by atoms with Gasteiger partial charge < -0.3 is 24.6 Å². The number of nitrogens with one attached hydrogen (secondary N) is 1. The number of aromatic hydroxyl groups is 1. The number of ether oxygens (including phenoxy) is 1. The van der Waals surface area contributed by atoms with Crippen LogP contribution in [0.2, 0.25) is 5.02 Å². The van der Waals surface area contributed by atoms with Crippen LogP contribution in [0.4, 0.5) is 4.39 Å². The lowest BCUT2D eigenvalue weighted by atomic mass is 10.0. The van der Waals surface area contributed by atoms with E-state index in [9.17, 15) is 23.9 Å². The van der Waals surface area contributed by atoms with Gasteiger partial charge in [-0.1, -0.05) is 23.7 Å². The van der Waals surface area contributed by atoms with Crippen molar-refractivity contribution in [3.63, 3.8) is 0 Å². The second-order valence-electron chi connectivity index (χ2n) is 9.05. The van der Waals surface area contributed by atoms with Gasteiger partial charge in [-0.2, -0.15) is 0 Å². The Bertz CT molecular complexity index is 1280. The maximum absolute atomic E-state index is 14.2. The van der Waals surface area contributed by atoms with Gasteiger partial charge in [0.2, 0.25) is 5.43 Å². The fourth-order valence-corrected chi connectivity index (χ4v) is 6.05. The van der Waals surface area contributed by atoms with E-state index in [4.69, 9.17) is 16.3 Å². The summed E-state index contributed by atoms with van der Waals surface area (Å²) in [6.07, 6.45) is 3.04. The predicted molar refractivity (Wildman–Crippen MR) is 115 cm³/mol. The molecule has 2 aromatic rings. The van der Waals surface area contributed by atoms with E-state index in [-0.39, 0.29) is 46.6 Å². The number of aromatic nitrogens is 1. The zero-order valence-corrected chi connectivity index (χ0v) is 18.3. The molecular weight excluding hydrogens is 453 g/mol. The van der Waals surface area contributed by atoms with Crippen molar-refractivity contribution in [3.8, 4) is 5.75 Å². The normalized spacial score (nSPS) is 26.8. The molecule has 1 aromatic carbocycles. The number of pyridine rings is 1. The fraction of sp³-hybridized carbons (Fsp3) is 0.435. The minimum absolute atomic E-state index is 0.0316. The molecule has 6 rings (SSSR count). The van der Waals surface area contributed by atoms with E-state index >= 15 is 0 Å². The highest BCUT2D eigenvalue weighted by Gasteiger charge is 2.53. The van der Waals surface area contributed by atoms with Crippen molar-refractivity contribution in [2.75, 3.05) is 0 Å². The van der Waals surface area contributed by atoms with E-state index in [1.165, 1.54) is 12.1 Å². The topological polar surface area (TPSA) is 101 Å². The number of nitrogens with zero attached hydrogens (tertiary/aromatic N) is 2. The van der Waals surface area contributed by atoms with Gasteiger partial charge >= 0.3 is 0 Å². The molecule has 10 heteroatoms. The lowest BCUT2D eigenvalue weighted by Crippen LogP contribution is -2.58. The van der Waals surface area contributed by atoms with Crippen LogP contribution >= 0.6 is 11.6 Å². The number of carbonyl (C=O) groups excluding carboxylic acids is 2. The van der Waals surface area contributed by atoms with Crippen LogP contribution in [0.1, 0.15) is 63.8 Å². The van der Waals surface area contributed by atoms with Crippen molar-refractivity contribution in [1.82, 2.24) is 14.8 Å². The second kappa shape index (κ2) is 7.30. The van der Waals surface area contributed by atoms with Crippen LogP contribution < -0.4 is 10.7 Å².